The van der Waals surface area contributed by atoms with Crippen LogP contribution in [-0.2, 0) is 28.2 Å². The van der Waals surface area contributed by atoms with Gasteiger partial charge in [0.1, 0.15) is 22.8 Å². The summed E-state index contributed by atoms with van der Waals surface area (Å²) in [6.07, 6.45) is 6.59. The van der Waals surface area contributed by atoms with Gasteiger partial charge in [0.25, 0.3) is 23.6 Å². The van der Waals surface area contributed by atoms with Crippen LogP contribution < -0.4 is 21.7 Å². The van der Waals surface area contributed by atoms with E-state index in [9.17, 15) is 19.2 Å². The number of rotatable bonds is 7. The van der Waals surface area contributed by atoms with Gasteiger partial charge in [-0.1, -0.05) is 0 Å². The molecule has 4 rings (SSSR count). The predicted molar refractivity (Wildman–Crippen MR) is 134 cm³/mol. The minimum atomic E-state index is -0.606. The van der Waals surface area contributed by atoms with Crippen LogP contribution in [0, 0.1) is 0 Å². The van der Waals surface area contributed by atoms with Crippen LogP contribution in [0.2, 0.25) is 0 Å². The van der Waals surface area contributed by atoms with E-state index < -0.39 is 17.7 Å². The molecule has 0 aliphatic heterocycles. The average molecular weight is 491 g/mol. The highest BCUT2D eigenvalue weighted by atomic mass is 16.2. The number of nitrogens with zero attached hydrogens (tertiary/aromatic N) is 4. The molecule has 0 aliphatic rings. The number of carbonyl (C=O) groups is 4. The van der Waals surface area contributed by atoms with Crippen molar-refractivity contribution in [3.8, 4) is 0 Å². The highest BCUT2D eigenvalue weighted by Crippen LogP contribution is 2.20. The van der Waals surface area contributed by atoms with Crippen LogP contribution in [0.4, 0.5) is 17.1 Å². The zero-order chi connectivity index (χ0) is 26.1. The number of nitrogens with two attached hydrogens (primary N) is 1. The van der Waals surface area contributed by atoms with E-state index in [1.165, 1.54) is 16.7 Å². The van der Waals surface area contributed by atoms with Crippen molar-refractivity contribution in [3.05, 3.63) is 77.9 Å². The van der Waals surface area contributed by atoms with Gasteiger partial charge < -0.3 is 40.0 Å². The third kappa shape index (κ3) is 4.78. The van der Waals surface area contributed by atoms with Crippen molar-refractivity contribution in [3.63, 3.8) is 0 Å². The van der Waals surface area contributed by atoms with Gasteiger partial charge >= 0.3 is 0 Å². The molecule has 0 radical (unpaired) electrons. The SMILES string of the molecule is Cn1cc(NC(=O)c2cc(NC(=O)c3cc(NC(=O)c4cccn4C)cn3C)cn2C)cc1C(N)=O. The van der Waals surface area contributed by atoms with Crippen molar-refractivity contribution in [2.24, 2.45) is 33.9 Å². The largest absolute Gasteiger partial charge is 0.364 e. The fourth-order valence-electron chi connectivity index (χ4n) is 3.88. The maximum absolute atomic E-state index is 12.9. The lowest BCUT2D eigenvalue weighted by Crippen LogP contribution is -2.15. The normalized spacial score (nSPS) is 10.8. The van der Waals surface area contributed by atoms with Gasteiger partial charge in [-0.2, -0.15) is 0 Å². The molecule has 0 aliphatic carbocycles. The molecule has 4 heterocycles. The van der Waals surface area contributed by atoms with Crippen LogP contribution in [-0.4, -0.2) is 41.9 Å². The zero-order valence-electron chi connectivity index (χ0n) is 20.2. The van der Waals surface area contributed by atoms with Crippen molar-refractivity contribution in [1.29, 1.82) is 0 Å². The number of nitrogens with one attached hydrogen (secondary N) is 3. The topological polar surface area (TPSA) is 150 Å². The molecule has 4 amide bonds. The number of hydrogen-bond donors (Lipinski definition) is 4. The molecular weight excluding hydrogens is 464 g/mol. The molecule has 0 bridgehead atoms. The third-order valence-corrected chi connectivity index (χ3v) is 5.68. The van der Waals surface area contributed by atoms with Gasteiger partial charge in [-0.3, -0.25) is 19.2 Å². The summed E-state index contributed by atoms with van der Waals surface area (Å²) in [5.74, 6) is -1.74. The van der Waals surface area contributed by atoms with Crippen molar-refractivity contribution in [2.45, 2.75) is 0 Å². The summed E-state index contributed by atoms with van der Waals surface area (Å²) in [6.45, 7) is 0. The van der Waals surface area contributed by atoms with Gasteiger partial charge in [-0.25, -0.2) is 0 Å². The number of primary amides is 1. The Morgan fingerprint density at radius 1 is 0.611 bits per heavy atom. The number of carbonyl (C=O) groups excluding carboxylic acids is 4. The smallest absolute Gasteiger partial charge is 0.272 e. The Labute approximate surface area is 206 Å². The molecule has 0 unspecified atom stereocenters. The van der Waals surface area contributed by atoms with Crippen molar-refractivity contribution in [2.75, 3.05) is 16.0 Å². The first-order valence-electron chi connectivity index (χ1n) is 10.9. The lowest BCUT2D eigenvalue weighted by molar-refractivity contribution is 0.0987. The molecule has 0 atom stereocenters. The van der Waals surface area contributed by atoms with Crippen LogP contribution in [0.25, 0.3) is 0 Å². The molecule has 0 spiro atoms. The summed E-state index contributed by atoms with van der Waals surface area (Å²) in [4.78, 5) is 49.6. The average Bonchev–Trinajstić information content (AvgIpc) is 3.55. The molecule has 0 saturated carbocycles. The molecule has 0 fully saturated rings. The summed E-state index contributed by atoms with van der Waals surface area (Å²) >= 11 is 0. The minimum Gasteiger partial charge on any atom is -0.364 e. The van der Waals surface area contributed by atoms with Crippen LogP contribution in [0.5, 0.6) is 0 Å². The number of anilines is 3. The molecule has 5 N–H and O–H groups in total. The van der Waals surface area contributed by atoms with Crippen molar-refractivity contribution < 1.29 is 19.2 Å². The first-order chi connectivity index (χ1) is 17.0. The molecule has 36 heavy (non-hydrogen) atoms. The van der Waals surface area contributed by atoms with E-state index in [0.29, 0.717) is 28.5 Å². The Hall–Kier alpha value is -5.00. The number of aryl methyl sites for hydroxylation is 4. The summed E-state index contributed by atoms with van der Waals surface area (Å²) in [5.41, 5.74) is 7.96. The van der Waals surface area contributed by atoms with E-state index in [2.05, 4.69) is 16.0 Å². The molecule has 0 aromatic carbocycles. The van der Waals surface area contributed by atoms with Gasteiger partial charge in [0, 0.05) is 53.0 Å². The van der Waals surface area contributed by atoms with E-state index in [4.69, 9.17) is 5.73 Å². The Morgan fingerprint density at radius 3 is 1.36 bits per heavy atom. The Balaban J connectivity index is 1.44. The molecule has 12 heteroatoms. The van der Waals surface area contributed by atoms with E-state index in [1.807, 2.05) is 0 Å². The summed E-state index contributed by atoms with van der Waals surface area (Å²) in [5, 5.41) is 8.26. The second kappa shape index (κ2) is 9.33. The monoisotopic (exact) mass is 490 g/mol. The van der Waals surface area contributed by atoms with Crippen molar-refractivity contribution in [1.82, 2.24) is 18.3 Å². The molecule has 12 nitrogen and oxygen atoms in total. The lowest BCUT2D eigenvalue weighted by Gasteiger charge is -2.03. The summed E-state index contributed by atoms with van der Waals surface area (Å²) in [7, 11) is 6.78. The van der Waals surface area contributed by atoms with E-state index in [-0.39, 0.29) is 17.3 Å². The van der Waals surface area contributed by atoms with Gasteiger partial charge in [-0.15, -0.1) is 0 Å². The van der Waals surface area contributed by atoms with Crippen LogP contribution >= 0.6 is 0 Å². The van der Waals surface area contributed by atoms with Gasteiger partial charge in [0.05, 0.1) is 17.1 Å². The first kappa shape index (κ1) is 24.1. The fourth-order valence-corrected chi connectivity index (χ4v) is 3.88. The maximum atomic E-state index is 12.9. The van der Waals surface area contributed by atoms with E-state index >= 15 is 0 Å². The first-order valence-corrected chi connectivity index (χ1v) is 10.9. The van der Waals surface area contributed by atoms with E-state index in [1.54, 1.807) is 84.9 Å². The summed E-state index contributed by atoms with van der Waals surface area (Å²) in [6, 6.07) is 8.05. The fraction of sp³-hybridized carbons (Fsp3) is 0.167. The number of amides is 4. The number of hydrogen-bond acceptors (Lipinski definition) is 4. The van der Waals surface area contributed by atoms with Crippen molar-refractivity contribution >= 4 is 40.7 Å². The zero-order valence-corrected chi connectivity index (χ0v) is 20.2. The Kier molecular flexibility index (Phi) is 6.26. The van der Waals surface area contributed by atoms with Gasteiger partial charge in [0.15, 0.2) is 0 Å². The summed E-state index contributed by atoms with van der Waals surface area (Å²) < 4.78 is 6.38. The highest BCUT2D eigenvalue weighted by Gasteiger charge is 2.19. The third-order valence-electron chi connectivity index (χ3n) is 5.68. The Morgan fingerprint density at radius 2 is 1.00 bits per heavy atom. The van der Waals surface area contributed by atoms with Gasteiger partial charge in [0.2, 0.25) is 0 Å². The lowest BCUT2D eigenvalue weighted by atomic mass is 10.3. The highest BCUT2D eigenvalue weighted by molar-refractivity contribution is 6.08. The standard InChI is InChI=1S/C24H26N8O4/c1-29-7-5-6-17(29)22(34)26-15-9-19(31(3)12-15)24(36)28-16-10-20(32(4)13-16)23(35)27-14-8-18(21(25)33)30(2)11-14/h5-13H,1-4H3,(H2,25,33)(H,26,34)(H,27,35)(H,28,36). The van der Waals surface area contributed by atoms with Crippen LogP contribution in [0.1, 0.15) is 42.0 Å². The molecule has 4 aromatic rings. The number of aromatic nitrogens is 4. The molecule has 186 valence electrons. The second-order valence-electron chi connectivity index (χ2n) is 8.41. The van der Waals surface area contributed by atoms with Crippen LogP contribution in [0.3, 0.4) is 0 Å². The van der Waals surface area contributed by atoms with Crippen LogP contribution in [0.15, 0.2) is 55.1 Å². The van der Waals surface area contributed by atoms with E-state index in [0.717, 1.165) is 0 Å². The Bertz CT molecular complexity index is 1500. The molecule has 0 saturated heterocycles. The minimum absolute atomic E-state index is 0.256. The molecular formula is C24H26N8O4. The van der Waals surface area contributed by atoms with Gasteiger partial charge in [-0.05, 0) is 30.3 Å². The maximum Gasteiger partial charge on any atom is 0.272 e. The second-order valence-corrected chi connectivity index (χ2v) is 8.41. The predicted octanol–water partition coefficient (Wildman–Crippen LogP) is 1.90. The quantitative estimate of drug-likeness (QED) is 0.313. The molecule has 4 aromatic heterocycles.